The lowest BCUT2D eigenvalue weighted by molar-refractivity contribution is 0.0951. The third-order valence-corrected chi connectivity index (χ3v) is 7.65. The summed E-state index contributed by atoms with van der Waals surface area (Å²) in [5, 5.41) is 0. The van der Waals surface area contributed by atoms with Gasteiger partial charge in [0.05, 0.1) is 31.7 Å². The molecule has 1 aliphatic heterocycles. The van der Waals surface area contributed by atoms with Gasteiger partial charge in [0.1, 0.15) is 11.6 Å². The first kappa shape index (κ1) is 27.2. The Morgan fingerprint density at radius 2 is 1.90 bits per heavy atom. The third-order valence-electron chi connectivity index (χ3n) is 7.65. The number of ether oxygens (including phenoxy) is 2. The molecule has 2 atom stereocenters. The number of hydrogen-bond acceptors (Lipinski definition) is 5. The third kappa shape index (κ3) is 5.66. The van der Waals surface area contributed by atoms with Gasteiger partial charge in [-0.1, -0.05) is 13.8 Å². The van der Waals surface area contributed by atoms with E-state index in [2.05, 4.69) is 18.0 Å². The van der Waals surface area contributed by atoms with Gasteiger partial charge >= 0.3 is 0 Å². The summed E-state index contributed by atoms with van der Waals surface area (Å²) < 4.78 is 54.3. The van der Waals surface area contributed by atoms with E-state index in [1.807, 2.05) is 19.1 Å². The lowest BCUT2D eigenvalue weighted by Crippen LogP contribution is -2.19. The monoisotopic (exact) mass is 537 g/mol. The number of aromatic nitrogens is 1. The zero-order chi connectivity index (χ0) is 27.7. The summed E-state index contributed by atoms with van der Waals surface area (Å²) in [7, 11) is 1.60. The van der Waals surface area contributed by atoms with Crippen LogP contribution in [0, 0.1) is 23.4 Å². The van der Waals surface area contributed by atoms with Crippen LogP contribution in [0.1, 0.15) is 72.9 Å². The van der Waals surface area contributed by atoms with Gasteiger partial charge < -0.3 is 15.2 Å². The Bertz CT molecular complexity index is 1400. The van der Waals surface area contributed by atoms with Crippen LogP contribution in [-0.2, 0) is 17.8 Å². The zero-order valence-electron chi connectivity index (χ0n) is 22.6. The molecule has 8 heteroatoms. The van der Waals surface area contributed by atoms with Crippen LogP contribution in [0.2, 0.25) is 0 Å². The van der Waals surface area contributed by atoms with E-state index in [0.717, 1.165) is 53.3 Å². The fourth-order valence-electron chi connectivity index (χ4n) is 5.41. The minimum atomic E-state index is -1.22. The maximum Gasteiger partial charge on any atom is 0.161 e. The number of halogens is 3. The van der Waals surface area contributed by atoms with Crippen molar-refractivity contribution in [3.05, 3.63) is 75.7 Å². The van der Waals surface area contributed by atoms with Crippen LogP contribution in [0.4, 0.5) is 18.9 Å². The summed E-state index contributed by atoms with van der Waals surface area (Å²) in [4.78, 5) is 9.40. The van der Waals surface area contributed by atoms with Gasteiger partial charge in [-0.25, -0.2) is 13.2 Å². The highest BCUT2D eigenvalue weighted by Gasteiger charge is 2.35. The second-order valence-electron chi connectivity index (χ2n) is 10.6. The first-order chi connectivity index (χ1) is 18.8. The SMILES string of the molecule is CCCN=Cc1cc(CC(c2cc3c(c(-c4cc(F)c(F)cc4F)n2)COCC3C)C2CC2)cc(OC)c1N. The molecule has 2 heterocycles. The van der Waals surface area contributed by atoms with E-state index in [1.54, 1.807) is 13.3 Å². The van der Waals surface area contributed by atoms with Gasteiger partial charge in [0.2, 0.25) is 0 Å². The van der Waals surface area contributed by atoms with Crippen molar-refractivity contribution in [3.63, 3.8) is 0 Å². The van der Waals surface area contributed by atoms with Gasteiger partial charge in [0.15, 0.2) is 11.6 Å². The molecule has 206 valence electrons. The highest BCUT2D eigenvalue weighted by molar-refractivity contribution is 5.89. The van der Waals surface area contributed by atoms with Gasteiger partial charge in [-0.2, -0.15) is 0 Å². The number of aliphatic imine (C=N–C) groups is 1. The summed E-state index contributed by atoms with van der Waals surface area (Å²) in [5.74, 6) is -2.07. The van der Waals surface area contributed by atoms with Gasteiger partial charge in [0.25, 0.3) is 0 Å². The van der Waals surface area contributed by atoms with Crippen molar-refractivity contribution < 1.29 is 22.6 Å². The van der Waals surface area contributed by atoms with Gasteiger partial charge in [-0.3, -0.25) is 9.98 Å². The molecular formula is C31H34F3N3O2. The molecule has 2 aliphatic rings. The van der Waals surface area contributed by atoms with Crippen LogP contribution in [0.25, 0.3) is 11.3 Å². The van der Waals surface area contributed by atoms with E-state index >= 15 is 4.39 Å². The summed E-state index contributed by atoms with van der Waals surface area (Å²) in [6.07, 6.45) is 5.53. The first-order valence-corrected chi connectivity index (χ1v) is 13.5. The number of nitrogen functional groups attached to an aromatic ring is 1. The lowest BCUT2D eigenvalue weighted by Gasteiger charge is -2.28. The van der Waals surface area contributed by atoms with Crippen LogP contribution in [0.15, 0.2) is 35.3 Å². The first-order valence-electron chi connectivity index (χ1n) is 13.5. The molecule has 1 saturated carbocycles. The predicted molar refractivity (Wildman–Crippen MR) is 147 cm³/mol. The molecule has 2 N–H and O–H groups in total. The Kier molecular flexibility index (Phi) is 7.93. The molecule has 0 bridgehead atoms. The maximum absolute atomic E-state index is 15.0. The molecule has 3 aromatic rings. The largest absolute Gasteiger partial charge is 0.495 e. The van der Waals surface area contributed by atoms with Gasteiger partial charge in [-0.05, 0) is 67.0 Å². The van der Waals surface area contributed by atoms with E-state index in [9.17, 15) is 8.78 Å². The molecule has 1 aromatic heterocycles. The second kappa shape index (κ2) is 11.4. The summed E-state index contributed by atoms with van der Waals surface area (Å²) >= 11 is 0. The quantitative estimate of drug-likeness (QED) is 0.182. The number of fused-ring (bicyclic) bond motifs is 1. The van der Waals surface area contributed by atoms with Gasteiger partial charge in [-0.15, -0.1) is 0 Å². The molecule has 0 saturated heterocycles. The van der Waals surface area contributed by atoms with Crippen LogP contribution in [0.5, 0.6) is 5.75 Å². The minimum Gasteiger partial charge on any atom is -0.495 e. The van der Waals surface area contributed by atoms with Crippen LogP contribution >= 0.6 is 0 Å². The number of anilines is 1. The number of pyridine rings is 1. The molecule has 0 radical (unpaired) electrons. The topological polar surface area (TPSA) is 69.7 Å². The molecule has 39 heavy (non-hydrogen) atoms. The minimum absolute atomic E-state index is 0.0474. The van der Waals surface area contributed by atoms with Crippen molar-refractivity contribution in [2.24, 2.45) is 10.9 Å². The molecule has 2 unspecified atom stereocenters. The number of nitrogens with two attached hydrogens (primary N) is 1. The van der Waals surface area contributed by atoms with Crippen molar-refractivity contribution in [2.45, 2.75) is 58.0 Å². The van der Waals surface area contributed by atoms with E-state index in [0.29, 0.717) is 48.7 Å². The van der Waals surface area contributed by atoms with Crippen LogP contribution < -0.4 is 10.5 Å². The second-order valence-corrected chi connectivity index (χ2v) is 10.6. The van der Waals surface area contributed by atoms with Crippen LogP contribution in [-0.4, -0.2) is 31.5 Å². The Morgan fingerprint density at radius 1 is 1.13 bits per heavy atom. The molecule has 1 fully saturated rings. The predicted octanol–water partition coefficient (Wildman–Crippen LogP) is 6.96. The number of rotatable bonds is 9. The fraction of sp³-hybridized carbons (Fsp3) is 0.419. The maximum atomic E-state index is 15.0. The zero-order valence-corrected chi connectivity index (χ0v) is 22.6. The van der Waals surface area contributed by atoms with Crippen molar-refractivity contribution in [1.82, 2.24) is 4.98 Å². The molecular weight excluding hydrogens is 503 g/mol. The molecule has 1 aliphatic carbocycles. The number of methoxy groups -OCH3 is 1. The Hall–Kier alpha value is -3.39. The van der Waals surface area contributed by atoms with Crippen molar-refractivity contribution in [1.29, 1.82) is 0 Å². The molecule has 5 rings (SSSR count). The summed E-state index contributed by atoms with van der Waals surface area (Å²) in [6.45, 7) is 5.59. The van der Waals surface area contributed by atoms with Crippen molar-refractivity contribution >= 4 is 11.9 Å². The Labute approximate surface area is 227 Å². The number of hydrogen-bond donors (Lipinski definition) is 1. The van der Waals surface area contributed by atoms with E-state index < -0.39 is 17.5 Å². The standard InChI is InChI=1S/C31H34F3N3O2/c1-4-7-36-14-20-8-18(10-29(38-3)30(20)35)9-22(19-5-6-19)28-12-21-17(2)15-39-16-24(21)31(37-28)23-11-26(33)27(34)13-25(23)32/h8,10-14,17,19,22H,4-7,9,15-16,35H2,1-3H3. The average molecular weight is 538 g/mol. The molecule has 0 amide bonds. The van der Waals surface area contributed by atoms with Crippen molar-refractivity contribution in [3.8, 4) is 17.0 Å². The van der Waals surface area contributed by atoms with Crippen LogP contribution in [0.3, 0.4) is 0 Å². The van der Waals surface area contributed by atoms with Gasteiger partial charge in [0, 0.05) is 53.0 Å². The van der Waals surface area contributed by atoms with E-state index in [1.165, 1.54) is 0 Å². The summed E-state index contributed by atoms with van der Waals surface area (Å²) in [5.41, 5.74) is 11.5. The lowest BCUT2D eigenvalue weighted by atomic mass is 9.85. The smallest absolute Gasteiger partial charge is 0.161 e. The van der Waals surface area contributed by atoms with E-state index in [4.69, 9.17) is 20.2 Å². The van der Waals surface area contributed by atoms with Crippen molar-refractivity contribution in [2.75, 3.05) is 26.0 Å². The molecule has 0 spiro atoms. The fourth-order valence-corrected chi connectivity index (χ4v) is 5.41. The molecule has 5 nitrogen and oxygen atoms in total. The summed E-state index contributed by atoms with van der Waals surface area (Å²) in [6, 6.07) is 7.57. The molecule has 2 aromatic carbocycles. The number of nitrogens with zero attached hydrogens (tertiary/aromatic N) is 2. The Morgan fingerprint density at radius 3 is 2.62 bits per heavy atom. The Balaban J connectivity index is 1.60. The highest BCUT2D eigenvalue weighted by atomic mass is 19.2. The normalized spacial score (nSPS) is 17.8. The average Bonchev–Trinajstić information content (AvgIpc) is 3.76. The number of benzene rings is 2. The van der Waals surface area contributed by atoms with E-state index in [-0.39, 0.29) is 24.0 Å². The highest BCUT2D eigenvalue weighted by Crippen LogP contribution is 2.46.